The van der Waals surface area contributed by atoms with Gasteiger partial charge in [0, 0.05) is 22.7 Å². The number of nitro benzene ring substituents is 1. The SMILES string of the molecule is Cc1ccc(/C(O)=C2\C(=O)C(=O)N(c3ncc(S(=O)(=O)c4ccc([N+](=O)[O-])cc4)s3)[C@@H]2c2ccc(Cl)cc2)cc1. The van der Waals surface area contributed by atoms with Gasteiger partial charge in [0.05, 0.1) is 27.6 Å². The Labute approximate surface area is 236 Å². The molecule has 202 valence electrons. The van der Waals surface area contributed by atoms with Gasteiger partial charge in [0.1, 0.15) is 9.97 Å². The number of aryl methyl sites for hydroxylation is 1. The van der Waals surface area contributed by atoms with E-state index in [4.69, 9.17) is 11.6 Å². The number of halogens is 1. The van der Waals surface area contributed by atoms with Gasteiger partial charge in [-0.2, -0.15) is 0 Å². The maximum absolute atomic E-state index is 13.3. The number of amides is 1. The molecule has 13 heteroatoms. The van der Waals surface area contributed by atoms with Crippen molar-refractivity contribution in [2.24, 2.45) is 0 Å². The lowest BCUT2D eigenvalue weighted by Crippen LogP contribution is -2.29. The number of sulfone groups is 1. The second-order valence-electron chi connectivity index (χ2n) is 8.80. The average molecular weight is 596 g/mol. The number of carbonyl (C=O) groups is 2. The van der Waals surface area contributed by atoms with Gasteiger partial charge in [-0.3, -0.25) is 24.6 Å². The normalized spacial score (nSPS) is 16.9. The topological polar surface area (TPSA) is 148 Å². The summed E-state index contributed by atoms with van der Waals surface area (Å²) in [5.41, 5.74) is 1.22. The molecular weight excluding hydrogens is 578 g/mol. The maximum atomic E-state index is 13.3. The number of anilines is 1. The van der Waals surface area contributed by atoms with Crippen molar-refractivity contribution in [3.05, 3.63) is 116 Å². The van der Waals surface area contributed by atoms with Crippen LogP contribution >= 0.6 is 22.9 Å². The van der Waals surface area contributed by atoms with Gasteiger partial charge in [-0.15, -0.1) is 0 Å². The summed E-state index contributed by atoms with van der Waals surface area (Å²) >= 11 is 6.71. The molecule has 1 fully saturated rings. The fourth-order valence-corrected chi connectivity index (χ4v) is 6.88. The number of aromatic nitrogens is 1. The van der Waals surface area contributed by atoms with Crippen LogP contribution in [-0.4, -0.2) is 35.1 Å². The number of ketones is 1. The van der Waals surface area contributed by atoms with Gasteiger partial charge >= 0.3 is 5.91 Å². The molecule has 0 spiro atoms. The van der Waals surface area contributed by atoms with Crippen molar-refractivity contribution < 1.29 is 28.0 Å². The molecule has 0 aliphatic carbocycles. The highest BCUT2D eigenvalue weighted by Crippen LogP contribution is 2.44. The molecule has 2 heterocycles. The van der Waals surface area contributed by atoms with E-state index in [2.05, 4.69) is 4.98 Å². The molecule has 0 saturated carbocycles. The summed E-state index contributed by atoms with van der Waals surface area (Å²) in [4.78, 5) is 41.9. The second kappa shape index (κ2) is 10.3. The number of hydrogen-bond donors (Lipinski definition) is 1. The monoisotopic (exact) mass is 595 g/mol. The first-order chi connectivity index (χ1) is 19.0. The van der Waals surface area contributed by atoms with Gasteiger partial charge in [0.2, 0.25) is 9.84 Å². The fraction of sp³-hybridized carbons (Fsp3) is 0.0741. The Bertz CT molecular complexity index is 1800. The molecule has 1 saturated heterocycles. The quantitative estimate of drug-likeness (QED) is 0.101. The van der Waals surface area contributed by atoms with Gasteiger partial charge in [-0.05, 0) is 36.8 Å². The minimum Gasteiger partial charge on any atom is -0.507 e. The van der Waals surface area contributed by atoms with Gasteiger partial charge in [0.15, 0.2) is 5.13 Å². The molecule has 3 aromatic carbocycles. The minimum atomic E-state index is -4.15. The summed E-state index contributed by atoms with van der Waals surface area (Å²) in [6.45, 7) is 1.86. The van der Waals surface area contributed by atoms with Crippen molar-refractivity contribution in [2.45, 2.75) is 22.1 Å². The number of nitrogens with zero attached hydrogens (tertiary/aromatic N) is 3. The van der Waals surface area contributed by atoms with Gasteiger partial charge in [-0.1, -0.05) is 64.9 Å². The number of rotatable bonds is 6. The van der Waals surface area contributed by atoms with E-state index in [-0.39, 0.29) is 25.5 Å². The van der Waals surface area contributed by atoms with Crippen LogP contribution in [0.1, 0.15) is 22.7 Å². The van der Waals surface area contributed by atoms with Crippen LogP contribution in [0, 0.1) is 17.0 Å². The zero-order valence-electron chi connectivity index (χ0n) is 20.5. The first-order valence-corrected chi connectivity index (χ1v) is 14.3. The number of thiazole rings is 1. The lowest BCUT2D eigenvalue weighted by molar-refractivity contribution is -0.384. The molecule has 4 aromatic rings. The van der Waals surface area contributed by atoms with Crippen molar-refractivity contribution in [1.29, 1.82) is 0 Å². The zero-order valence-corrected chi connectivity index (χ0v) is 22.9. The minimum absolute atomic E-state index is 0.0921. The molecule has 40 heavy (non-hydrogen) atoms. The number of nitro groups is 1. The number of benzene rings is 3. The summed E-state index contributed by atoms with van der Waals surface area (Å²) in [6, 6.07) is 16.3. The van der Waals surface area contributed by atoms with E-state index in [1.807, 2.05) is 6.92 Å². The van der Waals surface area contributed by atoms with Crippen LogP contribution < -0.4 is 4.90 Å². The Balaban J connectivity index is 1.62. The largest absolute Gasteiger partial charge is 0.507 e. The first-order valence-electron chi connectivity index (χ1n) is 11.6. The number of aliphatic hydroxyl groups is 1. The number of aliphatic hydroxyl groups excluding tert-OH is 1. The molecule has 10 nitrogen and oxygen atoms in total. The molecular formula is C27H18ClN3O7S2. The zero-order chi connectivity index (χ0) is 28.8. The lowest BCUT2D eigenvalue weighted by Gasteiger charge is -2.23. The van der Waals surface area contributed by atoms with Gasteiger partial charge in [0.25, 0.3) is 11.5 Å². The summed E-state index contributed by atoms with van der Waals surface area (Å²) in [7, 11) is -4.15. The highest BCUT2D eigenvalue weighted by atomic mass is 35.5. The Morgan fingerprint density at radius 2 is 1.65 bits per heavy atom. The van der Waals surface area contributed by atoms with Crippen molar-refractivity contribution in [3.8, 4) is 0 Å². The lowest BCUT2D eigenvalue weighted by atomic mass is 9.95. The Kier molecular flexibility index (Phi) is 7.00. The summed E-state index contributed by atoms with van der Waals surface area (Å²) in [5, 5.41) is 22.4. The molecule has 1 atom stereocenters. The molecule has 1 aliphatic rings. The van der Waals surface area contributed by atoms with Crippen molar-refractivity contribution in [2.75, 3.05) is 4.90 Å². The third kappa shape index (κ3) is 4.76. The average Bonchev–Trinajstić information content (AvgIpc) is 3.53. The van der Waals surface area contributed by atoms with E-state index in [0.29, 0.717) is 27.5 Å². The molecule has 1 N–H and O–H groups in total. The standard InChI is InChI=1S/C27H18ClN3O7S2/c1-15-2-4-17(5-3-15)24(32)22-23(16-6-8-18(28)9-7-16)30(26(34)25(22)33)27-29-14-21(39-27)40(37,38)20-12-10-19(11-13-20)31(35)36/h2-14,23,32H,1H3/b24-22+/t23-/m1/s1. The summed E-state index contributed by atoms with van der Waals surface area (Å²) in [6.07, 6.45) is 1.05. The molecule has 1 aliphatic heterocycles. The molecule has 0 bridgehead atoms. The maximum Gasteiger partial charge on any atom is 0.301 e. The number of non-ortho nitro benzene ring substituents is 1. The number of hydrogen-bond acceptors (Lipinski definition) is 9. The Morgan fingerprint density at radius 3 is 2.25 bits per heavy atom. The fourth-order valence-electron chi connectivity index (χ4n) is 4.21. The smallest absolute Gasteiger partial charge is 0.301 e. The third-order valence-electron chi connectivity index (χ3n) is 6.26. The van der Waals surface area contributed by atoms with Gasteiger partial charge in [-0.25, -0.2) is 13.4 Å². The first kappa shape index (κ1) is 27.2. The van der Waals surface area contributed by atoms with E-state index in [1.54, 1.807) is 48.5 Å². The van der Waals surface area contributed by atoms with E-state index in [9.17, 15) is 33.2 Å². The molecule has 0 unspecified atom stereocenters. The Morgan fingerprint density at radius 1 is 1.02 bits per heavy atom. The highest BCUT2D eigenvalue weighted by Gasteiger charge is 2.48. The predicted molar refractivity (Wildman–Crippen MR) is 148 cm³/mol. The Hall–Kier alpha value is -4.39. The van der Waals surface area contributed by atoms with Crippen molar-refractivity contribution >= 4 is 61.0 Å². The van der Waals surface area contributed by atoms with Crippen LogP contribution in [0.2, 0.25) is 5.02 Å². The van der Waals surface area contributed by atoms with Crippen molar-refractivity contribution in [3.63, 3.8) is 0 Å². The van der Waals surface area contributed by atoms with Crippen LogP contribution in [0.5, 0.6) is 0 Å². The van der Waals surface area contributed by atoms with Crippen LogP contribution in [0.25, 0.3) is 5.76 Å². The van der Waals surface area contributed by atoms with E-state index < -0.39 is 38.3 Å². The molecule has 1 aromatic heterocycles. The third-order valence-corrected chi connectivity index (χ3v) is 9.74. The van der Waals surface area contributed by atoms with E-state index >= 15 is 0 Å². The van der Waals surface area contributed by atoms with E-state index in [0.717, 1.165) is 40.9 Å². The molecule has 0 radical (unpaired) electrons. The number of Topliss-reactive ketones (excluding diaryl/α,β-unsaturated/α-hetero) is 1. The van der Waals surface area contributed by atoms with E-state index in [1.165, 1.54) is 0 Å². The predicted octanol–water partition coefficient (Wildman–Crippen LogP) is 5.47. The second-order valence-corrected chi connectivity index (χ2v) is 12.4. The van der Waals surface area contributed by atoms with Crippen LogP contribution in [0.3, 0.4) is 0 Å². The van der Waals surface area contributed by atoms with Crippen LogP contribution in [0.4, 0.5) is 10.8 Å². The summed E-state index contributed by atoms with van der Waals surface area (Å²) < 4.78 is 26.2. The number of carbonyl (C=O) groups excluding carboxylic acids is 2. The molecule has 5 rings (SSSR count). The summed E-state index contributed by atoms with van der Waals surface area (Å²) in [5.74, 6) is -2.36. The van der Waals surface area contributed by atoms with Crippen LogP contribution in [0.15, 0.2) is 93.7 Å². The highest BCUT2D eigenvalue weighted by molar-refractivity contribution is 7.93. The van der Waals surface area contributed by atoms with Crippen LogP contribution in [-0.2, 0) is 19.4 Å². The molecule has 1 amide bonds. The van der Waals surface area contributed by atoms with Gasteiger partial charge < -0.3 is 5.11 Å². The van der Waals surface area contributed by atoms with Crippen molar-refractivity contribution in [1.82, 2.24) is 4.98 Å².